The fourth-order valence-corrected chi connectivity index (χ4v) is 1.18. The van der Waals surface area contributed by atoms with Crippen LogP contribution in [0, 0.1) is 0 Å². The van der Waals surface area contributed by atoms with Gasteiger partial charge in [-0.25, -0.2) is 4.79 Å². The van der Waals surface area contributed by atoms with E-state index in [1.54, 1.807) is 6.08 Å². The molecule has 0 unspecified atom stereocenters. The summed E-state index contributed by atoms with van der Waals surface area (Å²) in [4.78, 5) is 14.9. The highest BCUT2D eigenvalue weighted by Gasteiger charge is 2.24. The van der Waals surface area contributed by atoms with Crippen LogP contribution < -0.4 is 5.69 Å². The molecular weight excluding hydrogens is 246 g/mol. The minimum Gasteiger partial charge on any atom is -0.295 e. The van der Waals surface area contributed by atoms with Crippen LogP contribution in [0.3, 0.4) is 0 Å². The first kappa shape index (κ1) is 11.6. The summed E-state index contributed by atoms with van der Waals surface area (Å²) < 4.78 is -0.306. The van der Waals surface area contributed by atoms with Gasteiger partial charge in [-0.1, -0.05) is 40.9 Å². The summed E-state index contributed by atoms with van der Waals surface area (Å²) in [6.07, 6.45) is 3.09. The molecule has 14 heavy (non-hydrogen) atoms. The number of alkyl halides is 3. The quantitative estimate of drug-likeness (QED) is 0.598. The minimum absolute atomic E-state index is 0.118. The molecule has 0 saturated heterocycles. The van der Waals surface area contributed by atoms with Crippen LogP contribution in [-0.2, 0) is 10.3 Å². The average molecular weight is 254 g/mol. The van der Waals surface area contributed by atoms with Gasteiger partial charge >= 0.3 is 5.69 Å². The van der Waals surface area contributed by atoms with E-state index in [2.05, 4.69) is 11.6 Å². The molecule has 0 atom stereocenters. The van der Waals surface area contributed by atoms with Gasteiger partial charge in [-0.2, -0.15) is 4.98 Å². The third-order valence-corrected chi connectivity index (χ3v) is 2.07. The molecule has 1 aromatic rings. The van der Waals surface area contributed by atoms with Crippen molar-refractivity contribution in [2.24, 2.45) is 0 Å². The van der Waals surface area contributed by atoms with Crippen molar-refractivity contribution in [2.45, 2.75) is 10.3 Å². The molecule has 0 amide bonds. The Morgan fingerprint density at radius 2 is 2.21 bits per heavy atom. The Morgan fingerprint density at radius 3 is 2.64 bits per heavy atom. The van der Waals surface area contributed by atoms with E-state index in [0.717, 1.165) is 0 Å². The normalized spacial score (nSPS) is 11.4. The fourth-order valence-electron chi connectivity index (χ4n) is 0.865. The first-order valence-electron chi connectivity index (χ1n) is 3.70. The predicted octanol–water partition coefficient (Wildman–Crippen LogP) is 2.26. The molecule has 0 aromatic carbocycles. The van der Waals surface area contributed by atoms with Gasteiger partial charge in [0.15, 0.2) is 0 Å². The number of hydrogen-bond acceptors (Lipinski definition) is 2. The molecule has 0 aliphatic carbocycles. The van der Waals surface area contributed by atoms with Gasteiger partial charge in [0.05, 0.1) is 5.69 Å². The van der Waals surface area contributed by atoms with Crippen molar-refractivity contribution >= 4 is 34.8 Å². The van der Waals surface area contributed by atoms with E-state index >= 15 is 0 Å². The van der Waals surface area contributed by atoms with Crippen molar-refractivity contribution in [1.29, 1.82) is 0 Å². The van der Waals surface area contributed by atoms with Gasteiger partial charge < -0.3 is 0 Å². The van der Waals surface area contributed by atoms with Gasteiger partial charge in [0, 0.05) is 12.7 Å². The summed E-state index contributed by atoms with van der Waals surface area (Å²) in [6.45, 7) is 3.88. The fraction of sp³-hybridized carbons (Fsp3) is 0.250. The molecule has 1 heterocycles. The van der Waals surface area contributed by atoms with Gasteiger partial charge in [-0.3, -0.25) is 4.57 Å². The first-order chi connectivity index (χ1) is 6.45. The maximum absolute atomic E-state index is 11.3. The lowest BCUT2D eigenvalue weighted by atomic mass is 10.4. The summed E-state index contributed by atoms with van der Waals surface area (Å²) in [5.74, 6) is 0. The molecule has 0 aliphatic rings. The van der Waals surface area contributed by atoms with E-state index in [0.29, 0.717) is 6.54 Å². The zero-order valence-electron chi connectivity index (χ0n) is 7.08. The van der Waals surface area contributed by atoms with Crippen LogP contribution in [0.2, 0.25) is 0 Å². The Kier molecular flexibility index (Phi) is 3.59. The summed E-state index contributed by atoms with van der Waals surface area (Å²) in [5, 5.41) is 0. The molecule has 0 saturated carbocycles. The lowest BCUT2D eigenvalue weighted by Gasteiger charge is -2.10. The van der Waals surface area contributed by atoms with Crippen molar-refractivity contribution in [1.82, 2.24) is 9.55 Å². The van der Waals surface area contributed by atoms with Crippen LogP contribution in [0.5, 0.6) is 0 Å². The number of rotatable bonds is 2. The van der Waals surface area contributed by atoms with E-state index in [1.165, 1.54) is 16.8 Å². The molecule has 76 valence electrons. The number of aromatic nitrogens is 2. The Balaban J connectivity index is 3.13. The number of halogens is 3. The van der Waals surface area contributed by atoms with Crippen molar-refractivity contribution in [3.63, 3.8) is 0 Å². The third kappa shape index (κ3) is 2.74. The molecule has 3 nitrogen and oxygen atoms in total. The molecule has 1 aromatic heterocycles. The number of allylic oxidation sites excluding steroid dienone is 1. The standard InChI is InChI=1S/C8H7Cl3N2O/c1-2-4-13-5-3-6(8(9,10)11)12-7(13)14/h2-3,5H,1,4H2. The van der Waals surface area contributed by atoms with Crippen molar-refractivity contribution < 1.29 is 0 Å². The smallest absolute Gasteiger partial charge is 0.295 e. The lowest BCUT2D eigenvalue weighted by Crippen LogP contribution is -2.24. The van der Waals surface area contributed by atoms with Crippen LogP contribution in [0.15, 0.2) is 29.7 Å². The topological polar surface area (TPSA) is 34.9 Å². The van der Waals surface area contributed by atoms with Crippen molar-refractivity contribution in [2.75, 3.05) is 0 Å². The van der Waals surface area contributed by atoms with Crippen LogP contribution >= 0.6 is 34.8 Å². The Hall–Kier alpha value is -0.510. The Labute approximate surface area is 95.9 Å². The molecule has 0 spiro atoms. The van der Waals surface area contributed by atoms with Crippen LogP contribution in [0.1, 0.15) is 5.69 Å². The summed E-state index contributed by atoms with van der Waals surface area (Å²) >= 11 is 16.7. The summed E-state index contributed by atoms with van der Waals surface area (Å²) in [5.41, 5.74) is -0.346. The van der Waals surface area contributed by atoms with E-state index in [-0.39, 0.29) is 5.69 Å². The molecule has 0 radical (unpaired) electrons. The summed E-state index contributed by atoms with van der Waals surface area (Å²) in [6, 6.07) is 1.48. The Morgan fingerprint density at radius 1 is 1.57 bits per heavy atom. The zero-order chi connectivity index (χ0) is 10.8. The predicted molar refractivity (Wildman–Crippen MR) is 57.9 cm³/mol. The zero-order valence-corrected chi connectivity index (χ0v) is 9.35. The van der Waals surface area contributed by atoms with Crippen LogP contribution in [0.25, 0.3) is 0 Å². The third-order valence-electron chi connectivity index (χ3n) is 1.49. The van der Waals surface area contributed by atoms with E-state index in [9.17, 15) is 4.79 Å². The van der Waals surface area contributed by atoms with Gasteiger partial charge in [0.25, 0.3) is 0 Å². The highest BCUT2D eigenvalue weighted by atomic mass is 35.6. The second-order valence-corrected chi connectivity index (χ2v) is 4.82. The molecular formula is C8H7Cl3N2O. The molecule has 0 aliphatic heterocycles. The molecule has 6 heteroatoms. The van der Waals surface area contributed by atoms with Crippen molar-refractivity contribution in [3.05, 3.63) is 41.1 Å². The first-order valence-corrected chi connectivity index (χ1v) is 4.84. The number of hydrogen-bond donors (Lipinski definition) is 0. The van der Waals surface area contributed by atoms with E-state index < -0.39 is 9.48 Å². The highest BCUT2D eigenvalue weighted by Crippen LogP contribution is 2.35. The largest absolute Gasteiger partial charge is 0.348 e. The SMILES string of the molecule is C=CCn1ccc(C(Cl)(Cl)Cl)nc1=O. The van der Waals surface area contributed by atoms with Crippen molar-refractivity contribution in [3.8, 4) is 0 Å². The lowest BCUT2D eigenvalue weighted by molar-refractivity contribution is 0.731. The van der Waals surface area contributed by atoms with Gasteiger partial charge in [-0.15, -0.1) is 6.58 Å². The minimum atomic E-state index is -1.66. The van der Waals surface area contributed by atoms with Gasteiger partial charge in [-0.05, 0) is 6.07 Å². The van der Waals surface area contributed by atoms with E-state index in [4.69, 9.17) is 34.8 Å². The van der Waals surface area contributed by atoms with Gasteiger partial charge in [0.1, 0.15) is 0 Å². The monoisotopic (exact) mass is 252 g/mol. The average Bonchev–Trinajstić information content (AvgIpc) is 2.07. The molecule has 0 bridgehead atoms. The molecule has 1 rings (SSSR count). The highest BCUT2D eigenvalue weighted by molar-refractivity contribution is 6.66. The van der Waals surface area contributed by atoms with Crippen LogP contribution in [-0.4, -0.2) is 9.55 Å². The maximum atomic E-state index is 11.3. The second-order valence-electron chi connectivity index (χ2n) is 2.53. The number of nitrogens with zero attached hydrogens (tertiary/aromatic N) is 2. The molecule has 0 fully saturated rings. The maximum Gasteiger partial charge on any atom is 0.348 e. The summed E-state index contributed by atoms with van der Waals surface area (Å²) in [7, 11) is 0. The van der Waals surface area contributed by atoms with Crippen LogP contribution in [0.4, 0.5) is 0 Å². The second kappa shape index (κ2) is 4.34. The Bertz CT molecular complexity index is 394. The van der Waals surface area contributed by atoms with Gasteiger partial charge in [0.2, 0.25) is 3.79 Å². The molecule has 0 N–H and O–H groups in total. The van der Waals surface area contributed by atoms with E-state index in [1.807, 2.05) is 0 Å².